The predicted molar refractivity (Wildman–Crippen MR) is 52.0 cm³/mol. The molecule has 0 fully saturated rings. The highest BCUT2D eigenvalue weighted by Crippen LogP contribution is 2.06. The number of aromatic nitrogens is 1. The Hall–Kier alpha value is -0.860. The first-order valence-electron chi connectivity index (χ1n) is 3.81. The average molecular weight is 183 g/mol. The van der Waals surface area contributed by atoms with E-state index in [1.165, 1.54) is 0 Å². The minimum atomic E-state index is 0.519. The molecule has 0 aliphatic heterocycles. The van der Waals surface area contributed by atoms with Crippen molar-refractivity contribution in [3.8, 4) is 0 Å². The van der Waals surface area contributed by atoms with Gasteiger partial charge in [-0.25, -0.2) is 4.98 Å². The fourth-order valence-electron chi connectivity index (χ4n) is 0.801. The molecule has 0 unspecified atom stereocenters. The highest BCUT2D eigenvalue weighted by atomic mass is 35.5. The van der Waals surface area contributed by atoms with Gasteiger partial charge < -0.3 is 5.73 Å². The summed E-state index contributed by atoms with van der Waals surface area (Å²) in [5.41, 5.74) is 6.38. The zero-order chi connectivity index (χ0) is 8.81. The van der Waals surface area contributed by atoms with E-state index >= 15 is 0 Å². The van der Waals surface area contributed by atoms with E-state index in [0.29, 0.717) is 11.7 Å². The highest BCUT2D eigenvalue weighted by molar-refractivity contribution is 6.29. The second kappa shape index (κ2) is 4.91. The van der Waals surface area contributed by atoms with Crippen LogP contribution in [0.2, 0.25) is 5.15 Å². The van der Waals surface area contributed by atoms with Crippen molar-refractivity contribution in [3.05, 3.63) is 35.1 Å². The first-order chi connectivity index (χ1) is 5.83. The molecule has 12 heavy (non-hydrogen) atoms. The largest absolute Gasteiger partial charge is 0.330 e. The Bertz CT molecular complexity index is 254. The summed E-state index contributed by atoms with van der Waals surface area (Å²) >= 11 is 5.62. The molecule has 1 rings (SSSR count). The van der Waals surface area contributed by atoms with E-state index in [1.54, 1.807) is 12.3 Å². The summed E-state index contributed by atoms with van der Waals surface area (Å²) in [6.45, 7) is 0.678. The number of rotatable bonds is 3. The second-order valence-electron chi connectivity index (χ2n) is 2.39. The molecule has 64 valence electrons. The third-order valence-corrected chi connectivity index (χ3v) is 1.62. The van der Waals surface area contributed by atoms with Gasteiger partial charge >= 0.3 is 0 Å². The summed E-state index contributed by atoms with van der Waals surface area (Å²) in [5.74, 6) is 0. The van der Waals surface area contributed by atoms with Gasteiger partial charge in [0.1, 0.15) is 5.15 Å². The molecular weight excluding hydrogens is 172 g/mol. The van der Waals surface area contributed by atoms with Crippen LogP contribution < -0.4 is 5.73 Å². The molecule has 1 aromatic rings. The standard InChI is InChI=1S/C9H11ClN2/c10-9-5-4-8(7-12-9)3-1-2-6-11/h1,3-5,7H,2,6,11H2. The minimum absolute atomic E-state index is 0.519. The van der Waals surface area contributed by atoms with Crippen LogP contribution in [0.3, 0.4) is 0 Å². The summed E-state index contributed by atoms with van der Waals surface area (Å²) in [6, 6.07) is 3.69. The lowest BCUT2D eigenvalue weighted by atomic mass is 10.2. The molecule has 0 atom stereocenters. The molecule has 2 N–H and O–H groups in total. The topological polar surface area (TPSA) is 38.9 Å². The van der Waals surface area contributed by atoms with Gasteiger partial charge in [0.15, 0.2) is 0 Å². The van der Waals surface area contributed by atoms with E-state index in [4.69, 9.17) is 17.3 Å². The number of hydrogen-bond donors (Lipinski definition) is 1. The van der Waals surface area contributed by atoms with Crippen molar-refractivity contribution >= 4 is 17.7 Å². The fourth-order valence-corrected chi connectivity index (χ4v) is 0.913. The Morgan fingerprint density at radius 3 is 2.92 bits per heavy atom. The number of halogens is 1. The van der Waals surface area contributed by atoms with Crippen LogP contribution in [-0.4, -0.2) is 11.5 Å². The maximum Gasteiger partial charge on any atom is 0.129 e. The van der Waals surface area contributed by atoms with Crippen molar-refractivity contribution in [3.63, 3.8) is 0 Å². The molecule has 1 aromatic heterocycles. The quantitative estimate of drug-likeness (QED) is 0.728. The molecule has 0 radical (unpaired) electrons. The van der Waals surface area contributed by atoms with Gasteiger partial charge in [-0.3, -0.25) is 0 Å². The normalized spacial score (nSPS) is 10.8. The van der Waals surface area contributed by atoms with Gasteiger partial charge in [0, 0.05) is 6.20 Å². The Morgan fingerprint density at radius 1 is 1.50 bits per heavy atom. The minimum Gasteiger partial charge on any atom is -0.330 e. The van der Waals surface area contributed by atoms with Gasteiger partial charge in [-0.15, -0.1) is 0 Å². The van der Waals surface area contributed by atoms with Gasteiger partial charge in [-0.1, -0.05) is 29.8 Å². The Morgan fingerprint density at radius 2 is 2.33 bits per heavy atom. The number of pyridine rings is 1. The lowest BCUT2D eigenvalue weighted by molar-refractivity contribution is 1.01. The van der Waals surface area contributed by atoms with Gasteiger partial charge in [-0.05, 0) is 24.6 Å². The summed E-state index contributed by atoms with van der Waals surface area (Å²) < 4.78 is 0. The molecule has 0 aliphatic carbocycles. The van der Waals surface area contributed by atoms with Crippen LogP contribution in [-0.2, 0) is 0 Å². The van der Waals surface area contributed by atoms with Crippen LogP contribution in [0, 0.1) is 0 Å². The zero-order valence-electron chi connectivity index (χ0n) is 6.70. The Kier molecular flexibility index (Phi) is 3.77. The highest BCUT2D eigenvalue weighted by Gasteiger charge is 1.87. The predicted octanol–water partition coefficient (Wildman–Crippen LogP) is 2.10. The van der Waals surface area contributed by atoms with E-state index < -0.39 is 0 Å². The van der Waals surface area contributed by atoms with Crippen LogP contribution in [0.15, 0.2) is 24.4 Å². The molecule has 0 aliphatic rings. The number of nitrogens with two attached hydrogens (primary N) is 1. The van der Waals surface area contributed by atoms with Gasteiger partial charge in [-0.2, -0.15) is 0 Å². The third kappa shape index (κ3) is 3.03. The van der Waals surface area contributed by atoms with Gasteiger partial charge in [0.05, 0.1) is 0 Å². The van der Waals surface area contributed by atoms with E-state index in [-0.39, 0.29) is 0 Å². The summed E-state index contributed by atoms with van der Waals surface area (Å²) in [7, 11) is 0. The lowest BCUT2D eigenvalue weighted by Gasteiger charge is -1.91. The van der Waals surface area contributed by atoms with E-state index in [2.05, 4.69) is 4.98 Å². The molecule has 3 heteroatoms. The lowest BCUT2D eigenvalue weighted by Crippen LogP contribution is -1.94. The zero-order valence-corrected chi connectivity index (χ0v) is 7.46. The van der Waals surface area contributed by atoms with Crippen molar-refractivity contribution in [2.75, 3.05) is 6.54 Å². The number of nitrogens with zero attached hydrogens (tertiary/aromatic N) is 1. The van der Waals surface area contributed by atoms with Gasteiger partial charge in [0.25, 0.3) is 0 Å². The van der Waals surface area contributed by atoms with Crippen LogP contribution in [0.5, 0.6) is 0 Å². The summed E-state index contributed by atoms with van der Waals surface area (Å²) in [5, 5.41) is 0.519. The average Bonchev–Trinajstić information content (AvgIpc) is 2.09. The van der Waals surface area contributed by atoms with E-state index in [0.717, 1.165) is 12.0 Å². The van der Waals surface area contributed by atoms with Crippen LogP contribution in [0.25, 0.3) is 6.08 Å². The molecule has 2 nitrogen and oxygen atoms in total. The molecule has 0 spiro atoms. The Labute approximate surface area is 77.1 Å². The van der Waals surface area contributed by atoms with Crippen LogP contribution in [0.4, 0.5) is 0 Å². The molecular formula is C9H11ClN2. The first kappa shape index (κ1) is 9.23. The monoisotopic (exact) mass is 182 g/mol. The maximum atomic E-state index is 5.62. The van der Waals surface area contributed by atoms with Crippen molar-refractivity contribution in [1.29, 1.82) is 0 Å². The van der Waals surface area contributed by atoms with Crippen molar-refractivity contribution < 1.29 is 0 Å². The summed E-state index contributed by atoms with van der Waals surface area (Å²) in [6.07, 6.45) is 6.62. The van der Waals surface area contributed by atoms with Crippen LogP contribution in [0.1, 0.15) is 12.0 Å². The Balaban J connectivity index is 2.58. The molecule has 0 saturated carbocycles. The van der Waals surface area contributed by atoms with Gasteiger partial charge in [0.2, 0.25) is 0 Å². The van der Waals surface area contributed by atoms with E-state index in [1.807, 2.05) is 18.2 Å². The molecule has 0 aromatic carbocycles. The first-order valence-corrected chi connectivity index (χ1v) is 4.19. The van der Waals surface area contributed by atoms with Crippen LogP contribution >= 0.6 is 11.6 Å². The van der Waals surface area contributed by atoms with Crippen molar-refractivity contribution in [2.45, 2.75) is 6.42 Å². The fraction of sp³-hybridized carbons (Fsp3) is 0.222. The SMILES string of the molecule is NCCC=Cc1ccc(Cl)nc1. The molecule has 0 bridgehead atoms. The van der Waals surface area contributed by atoms with E-state index in [9.17, 15) is 0 Å². The molecule has 0 saturated heterocycles. The number of hydrogen-bond acceptors (Lipinski definition) is 2. The summed E-state index contributed by atoms with van der Waals surface area (Å²) in [4.78, 5) is 3.94. The second-order valence-corrected chi connectivity index (χ2v) is 2.78. The van der Waals surface area contributed by atoms with Crippen molar-refractivity contribution in [1.82, 2.24) is 4.98 Å². The maximum absolute atomic E-state index is 5.62. The molecule has 0 amide bonds. The smallest absolute Gasteiger partial charge is 0.129 e. The molecule has 1 heterocycles. The third-order valence-electron chi connectivity index (χ3n) is 1.39. The van der Waals surface area contributed by atoms with Crippen molar-refractivity contribution in [2.24, 2.45) is 5.73 Å².